The number of hydrazine groups is 1. The molecule has 4 fully saturated rings. The molecule has 0 radical (unpaired) electrons. The number of hydroxylamine groups is 1. The first-order valence-corrected chi connectivity index (χ1v) is 15.8. The van der Waals surface area contributed by atoms with Gasteiger partial charge < -0.3 is 19.4 Å². The summed E-state index contributed by atoms with van der Waals surface area (Å²) in [5.41, 5.74) is 10.8. The SMILES string of the molecule is CC(C)(C)OC(=O)N1CCC(C2NOC(c3ccc4c(c3)N([C@@H]3CCOC3)NC43CCCCCCCC3)N2)CC1. The molecular formula is C31H49N5O4. The van der Waals surface area contributed by atoms with Gasteiger partial charge in [-0.1, -0.05) is 50.7 Å². The van der Waals surface area contributed by atoms with Crippen LogP contribution >= 0.6 is 0 Å². The fraction of sp³-hybridized carbons (Fsp3) is 0.774. The van der Waals surface area contributed by atoms with Gasteiger partial charge in [0.2, 0.25) is 0 Å². The molecule has 1 aromatic rings. The van der Waals surface area contributed by atoms with Gasteiger partial charge in [0.05, 0.1) is 30.0 Å². The molecule has 1 spiro atoms. The van der Waals surface area contributed by atoms with Gasteiger partial charge in [0.15, 0.2) is 6.23 Å². The highest BCUT2D eigenvalue weighted by molar-refractivity contribution is 5.68. The number of anilines is 1. The number of likely N-dealkylation sites (tertiary alicyclic amines) is 1. The van der Waals surface area contributed by atoms with E-state index in [1.807, 2.05) is 25.7 Å². The Morgan fingerprint density at radius 2 is 1.75 bits per heavy atom. The average Bonchev–Trinajstić information content (AvgIpc) is 3.70. The number of benzene rings is 1. The monoisotopic (exact) mass is 555 g/mol. The lowest BCUT2D eigenvalue weighted by Crippen LogP contribution is -2.50. The van der Waals surface area contributed by atoms with Crippen molar-refractivity contribution in [2.75, 3.05) is 31.3 Å². The third kappa shape index (κ3) is 6.00. The van der Waals surface area contributed by atoms with Crippen molar-refractivity contribution in [2.24, 2.45) is 5.92 Å². The van der Waals surface area contributed by atoms with E-state index in [0.717, 1.165) is 38.0 Å². The van der Waals surface area contributed by atoms with E-state index in [9.17, 15) is 4.79 Å². The van der Waals surface area contributed by atoms with Gasteiger partial charge in [-0.2, -0.15) is 5.48 Å². The second-order valence-electron chi connectivity index (χ2n) is 13.5. The summed E-state index contributed by atoms with van der Waals surface area (Å²) < 4.78 is 11.4. The van der Waals surface area contributed by atoms with Crippen molar-refractivity contribution >= 4 is 11.8 Å². The summed E-state index contributed by atoms with van der Waals surface area (Å²) in [6.07, 6.45) is 12.8. The predicted molar refractivity (Wildman–Crippen MR) is 154 cm³/mol. The number of carbonyl (C=O) groups excluding carboxylic acids is 1. The average molecular weight is 556 g/mol. The van der Waals surface area contributed by atoms with Crippen LogP contribution in [0.2, 0.25) is 0 Å². The third-order valence-electron chi connectivity index (χ3n) is 9.47. The number of hydrogen-bond acceptors (Lipinski definition) is 8. The summed E-state index contributed by atoms with van der Waals surface area (Å²) in [6.45, 7) is 8.75. The summed E-state index contributed by atoms with van der Waals surface area (Å²) >= 11 is 0. The zero-order valence-electron chi connectivity index (χ0n) is 24.7. The maximum atomic E-state index is 12.5. The number of rotatable bonds is 3. The van der Waals surface area contributed by atoms with Crippen LogP contribution in [0.5, 0.6) is 0 Å². The number of fused-ring (bicyclic) bond motifs is 2. The molecule has 3 atom stereocenters. The molecule has 40 heavy (non-hydrogen) atoms. The van der Waals surface area contributed by atoms with Crippen molar-refractivity contribution in [3.8, 4) is 0 Å². The normalized spacial score (nSPS) is 29.7. The molecule has 3 saturated heterocycles. The molecule has 222 valence electrons. The lowest BCUT2D eigenvalue weighted by Gasteiger charge is -2.35. The first kappa shape index (κ1) is 28.2. The van der Waals surface area contributed by atoms with E-state index in [-0.39, 0.29) is 24.0 Å². The van der Waals surface area contributed by atoms with Crippen LogP contribution in [0.1, 0.15) is 109 Å². The zero-order chi connectivity index (χ0) is 27.7. The quantitative estimate of drug-likeness (QED) is 0.468. The van der Waals surface area contributed by atoms with Crippen LogP contribution < -0.4 is 21.2 Å². The Labute approximate surface area is 239 Å². The maximum Gasteiger partial charge on any atom is 0.410 e. The molecule has 5 aliphatic rings. The molecule has 9 heteroatoms. The van der Waals surface area contributed by atoms with Crippen LogP contribution in [0.4, 0.5) is 10.5 Å². The van der Waals surface area contributed by atoms with Crippen LogP contribution in [-0.2, 0) is 19.9 Å². The van der Waals surface area contributed by atoms with E-state index in [1.54, 1.807) is 0 Å². The van der Waals surface area contributed by atoms with Gasteiger partial charge in [-0.25, -0.2) is 10.2 Å². The molecular weight excluding hydrogens is 506 g/mol. The highest BCUT2D eigenvalue weighted by Gasteiger charge is 2.45. The molecule has 1 saturated carbocycles. The molecule has 4 heterocycles. The van der Waals surface area contributed by atoms with E-state index >= 15 is 0 Å². The summed E-state index contributed by atoms with van der Waals surface area (Å²) in [7, 11) is 0. The number of amides is 1. The number of hydrogen-bond donors (Lipinski definition) is 3. The molecule has 0 bridgehead atoms. The Hall–Kier alpha value is -1.91. The van der Waals surface area contributed by atoms with Crippen molar-refractivity contribution in [3.63, 3.8) is 0 Å². The van der Waals surface area contributed by atoms with Crippen LogP contribution in [-0.4, -0.2) is 55.1 Å². The number of carbonyl (C=O) groups is 1. The molecule has 4 aliphatic heterocycles. The predicted octanol–water partition coefficient (Wildman–Crippen LogP) is 5.23. The fourth-order valence-electron chi connectivity index (χ4n) is 7.26. The first-order chi connectivity index (χ1) is 19.3. The maximum absolute atomic E-state index is 12.5. The third-order valence-corrected chi connectivity index (χ3v) is 9.47. The Kier molecular flexibility index (Phi) is 8.30. The van der Waals surface area contributed by atoms with Crippen molar-refractivity contribution in [2.45, 2.75) is 121 Å². The van der Waals surface area contributed by atoms with Crippen LogP contribution in [0.3, 0.4) is 0 Å². The highest BCUT2D eigenvalue weighted by Crippen LogP contribution is 2.47. The molecule has 1 aliphatic carbocycles. The van der Waals surface area contributed by atoms with E-state index in [2.05, 4.69) is 39.4 Å². The minimum absolute atomic E-state index is 0.0215. The number of ether oxygens (including phenoxy) is 2. The first-order valence-electron chi connectivity index (χ1n) is 15.8. The summed E-state index contributed by atoms with van der Waals surface area (Å²) in [5.74, 6) is 0.383. The fourth-order valence-corrected chi connectivity index (χ4v) is 7.26. The standard InChI is InChI=1S/C31H49N5O4/c1-30(2,3)39-29(37)35-17-12-22(13-18-35)27-32-28(40-33-27)23-10-11-25-26(20-23)36(24-14-19-38-21-24)34-31(25)15-8-6-4-5-7-9-16-31/h10-11,20,22,24,27-28,32-34H,4-9,12-19,21H2,1-3H3/t24-,27?,28?/m1/s1. The Balaban J connectivity index is 1.14. The topological polar surface area (TPSA) is 87.3 Å². The minimum Gasteiger partial charge on any atom is -0.444 e. The lowest BCUT2D eigenvalue weighted by molar-refractivity contribution is 0.00639. The summed E-state index contributed by atoms with van der Waals surface area (Å²) in [5, 5.41) is 6.14. The van der Waals surface area contributed by atoms with Crippen molar-refractivity contribution in [1.29, 1.82) is 0 Å². The van der Waals surface area contributed by atoms with E-state index < -0.39 is 5.60 Å². The highest BCUT2D eigenvalue weighted by atomic mass is 16.7. The van der Waals surface area contributed by atoms with E-state index in [4.69, 9.17) is 14.3 Å². The van der Waals surface area contributed by atoms with Crippen molar-refractivity contribution in [1.82, 2.24) is 21.1 Å². The largest absolute Gasteiger partial charge is 0.444 e. The molecule has 9 nitrogen and oxygen atoms in total. The Bertz CT molecular complexity index is 1020. The summed E-state index contributed by atoms with van der Waals surface area (Å²) in [4.78, 5) is 20.4. The molecule has 0 aromatic heterocycles. The van der Waals surface area contributed by atoms with Gasteiger partial charge in [0, 0.05) is 19.7 Å². The second-order valence-corrected chi connectivity index (χ2v) is 13.5. The lowest BCUT2D eigenvalue weighted by atomic mass is 9.81. The molecule has 6 rings (SSSR count). The number of nitrogens with zero attached hydrogens (tertiary/aromatic N) is 2. The molecule has 3 N–H and O–H groups in total. The van der Waals surface area contributed by atoms with Gasteiger partial charge >= 0.3 is 6.09 Å². The Morgan fingerprint density at radius 1 is 1.02 bits per heavy atom. The van der Waals surface area contributed by atoms with Crippen molar-refractivity contribution < 1.29 is 19.1 Å². The smallest absolute Gasteiger partial charge is 0.410 e. The van der Waals surface area contributed by atoms with Crippen molar-refractivity contribution in [3.05, 3.63) is 29.3 Å². The number of piperidine rings is 1. The summed E-state index contributed by atoms with van der Waals surface area (Å²) in [6, 6.07) is 7.33. The van der Waals surface area contributed by atoms with Crippen LogP contribution in [0.25, 0.3) is 0 Å². The van der Waals surface area contributed by atoms with Gasteiger partial charge in [0.1, 0.15) is 5.60 Å². The zero-order valence-corrected chi connectivity index (χ0v) is 24.7. The minimum atomic E-state index is -0.468. The number of nitrogens with one attached hydrogen (secondary N) is 3. The molecule has 1 amide bonds. The van der Waals surface area contributed by atoms with Gasteiger partial charge in [0.25, 0.3) is 0 Å². The molecule has 1 aromatic carbocycles. The van der Waals surface area contributed by atoms with Gasteiger partial charge in [-0.15, -0.1) is 0 Å². The Morgan fingerprint density at radius 3 is 2.42 bits per heavy atom. The van der Waals surface area contributed by atoms with Gasteiger partial charge in [-0.3, -0.25) is 10.2 Å². The molecule has 2 unspecified atom stereocenters. The van der Waals surface area contributed by atoms with Crippen LogP contribution in [0.15, 0.2) is 18.2 Å². The van der Waals surface area contributed by atoms with Gasteiger partial charge in [-0.05, 0) is 76.0 Å². The second kappa shape index (κ2) is 11.8. The van der Waals surface area contributed by atoms with E-state index in [1.165, 1.54) is 62.6 Å². The van der Waals surface area contributed by atoms with E-state index in [0.29, 0.717) is 25.0 Å². The van der Waals surface area contributed by atoms with Crippen LogP contribution in [0, 0.1) is 5.92 Å².